The van der Waals surface area contributed by atoms with Gasteiger partial charge >= 0.3 is 6.03 Å². The zero-order valence-electron chi connectivity index (χ0n) is 10.2. The van der Waals surface area contributed by atoms with E-state index in [1.54, 1.807) is 6.07 Å². The number of aryl methyl sites for hydroxylation is 1. The molecule has 2 amide bonds. The Balaban J connectivity index is 2.95. The van der Waals surface area contributed by atoms with E-state index in [0.717, 1.165) is 5.56 Å². The average molecular weight is 251 g/mol. The van der Waals surface area contributed by atoms with Crippen molar-refractivity contribution in [1.82, 2.24) is 5.32 Å². The number of benzene rings is 1. The second-order valence-electron chi connectivity index (χ2n) is 4.11. The van der Waals surface area contributed by atoms with Crippen LogP contribution in [-0.2, 0) is 0 Å². The second kappa shape index (κ2) is 5.63. The molecule has 1 aromatic rings. The molecule has 0 unspecified atom stereocenters. The van der Waals surface area contributed by atoms with Gasteiger partial charge in [-0.25, -0.2) is 4.79 Å². The minimum Gasteiger partial charge on any atom is -0.389 e. The Hall–Kier alpha value is -1.62. The Bertz CT molecular complexity index is 443. The van der Waals surface area contributed by atoms with Gasteiger partial charge in [0.2, 0.25) is 0 Å². The third-order valence-electron chi connectivity index (χ3n) is 2.19. The number of carbonyl (C=O) groups excluding carboxylic acids is 1. The SMILES string of the molecule is Cc1cccc(NC(=O)NC(C)C)c1C(N)=S. The molecule has 0 saturated carbocycles. The van der Waals surface area contributed by atoms with Crippen molar-refractivity contribution in [3.05, 3.63) is 29.3 Å². The maximum Gasteiger partial charge on any atom is 0.319 e. The summed E-state index contributed by atoms with van der Waals surface area (Å²) >= 11 is 4.98. The summed E-state index contributed by atoms with van der Waals surface area (Å²) in [6.45, 7) is 5.69. The zero-order valence-corrected chi connectivity index (χ0v) is 11.0. The smallest absolute Gasteiger partial charge is 0.319 e. The number of hydrogen-bond acceptors (Lipinski definition) is 2. The Morgan fingerprint density at radius 3 is 2.59 bits per heavy atom. The van der Waals surface area contributed by atoms with Crippen molar-refractivity contribution >= 4 is 28.9 Å². The molecule has 0 aliphatic heterocycles. The van der Waals surface area contributed by atoms with Gasteiger partial charge in [-0.2, -0.15) is 0 Å². The van der Waals surface area contributed by atoms with E-state index < -0.39 is 0 Å². The van der Waals surface area contributed by atoms with E-state index in [0.29, 0.717) is 11.3 Å². The molecule has 0 atom stereocenters. The highest BCUT2D eigenvalue weighted by Crippen LogP contribution is 2.19. The summed E-state index contributed by atoms with van der Waals surface area (Å²) in [7, 11) is 0. The lowest BCUT2D eigenvalue weighted by Gasteiger charge is -2.14. The van der Waals surface area contributed by atoms with Gasteiger partial charge in [0.1, 0.15) is 4.99 Å². The molecule has 0 saturated heterocycles. The molecule has 0 aromatic heterocycles. The Morgan fingerprint density at radius 1 is 1.41 bits per heavy atom. The van der Waals surface area contributed by atoms with Crippen LogP contribution in [0.4, 0.5) is 10.5 Å². The number of urea groups is 1. The van der Waals surface area contributed by atoms with Gasteiger partial charge in [0, 0.05) is 11.6 Å². The van der Waals surface area contributed by atoms with E-state index in [4.69, 9.17) is 18.0 Å². The zero-order chi connectivity index (χ0) is 13.0. The van der Waals surface area contributed by atoms with Gasteiger partial charge in [-0.15, -0.1) is 0 Å². The fourth-order valence-electron chi connectivity index (χ4n) is 1.52. The molecule has 92 valence electrons. The van der Waals surface area contributed by atoms with Gasteiger partial charge in [-0.05, 0) is 32.4 Å². The van der Waals surface area contributed by atoms with Crippen molar-refractivity contribution in [2.75, 3.05) is 5.32 Å². The van der Waals surface area contributed by atoms with Gasteiger partial charge < -0.3 is 16.4 Å². The highest BCUT2D eigenvalue weighted by atomic mass is 32.1. The fourth-order valence-corrected chi connectivity index (χ4v) is 1.79. The molecule has 1 aromatic carbocycles. The van der Waals surface area contributed by atoms with Crippen molar-refractivity contribution in [3.8, 4) is 0 Å². The number of thiocarbonyl (C=S) groups is 1. The van der Waals surface area contributed by atoms with Crippen molar-refractivity contribution < 1.29 is 4.79 Å². The Labute approximate surface area is 107 Å². The lowest BCUT2D eigenvalue weighted by Crippen LogP contribution is -2.34. The summed E-state index contributed by atoms with van der Waals surface area (Å²) in [5.41, 5.74) is 7.94. The van der Waals surface area contributed by atoms with E-state index in [1.807, 2.05) is 32.9 Å². The first-order valence-corrected chi connectivity index (χ1v) is 5.79. The third-order valence-corrected chi connectivity index (χ3v) is 2.39. The van der Waals surface area contributed by atoms with Crippen molar-refractivity contribution in [3.63, 3.8) is 0 Å². The molecular formula is C12H17N3OS. The Kier molecular flexibility index (Phi) is 4.45. The first-order valence-electron chi connectivity index (χ1n) is 5.38. The lowest BCUT2D eigenvalue weighted by molar-refractivity contribution is 0.250. The quantitative estimate of drug-likeness (QED) is 0.721. The molecule has 17 heavy (non-hydrogen) atoms. The van der Waals surface area contributed by atoms with E-state index in [2.05, 4.69) is 10.6 Å². The molecule has 0 aliphatic rings. The van der Waals surface area contributed by atoms with Gasteiger partial charge in [-0.1, -0.05) is 24.4 Å². The largest absolute Gasteiger partial charge is 0.389 e. The van der Waals surface area contributed by atoms with Crippen LogP contribution in [0.3, 0.4) is 0 Å². The van der Waals surface area contributed by atoms with Gasteiger partial charge in [-0.3, -0.25) is 0 Å². The molecule has 0 heterocycles. The van der Waals surface area contributed by atoms with Crippen molar-refractivity contribution in [2.45, 2.75) is 26.8 Å². The Morgan fingerprint density at radius 2 is 2.06 bits per heavy atom. The molecule has 0 radical (unpaired) electrons. The van der Waals surface area contributed by atoms with Crippen LogP contribution in [0.5, 0.6) is 0 Å². The highest BCUT2D eigenvalue weighted by Gasteiger charge is 2.11. The van der Waals surface area contributed by atoms with Crippen LogP contribution in [0.25, 0.3) is 0 Å². The predicted octanol–water partition coefficient (Wildman–Crippen LogP) is 2.16. The first kappa shape index (κ1) is 13.4. The van der Waals surface area contributed by atoms with Gasteiger partial charge in [0.15, 0.2) is 0 Å². The van der Waals surface area contributed by atoms with Gasteiger partial charge in [0.25, 0.3) is 0 Å². The monoisotopic (exact) mass is 251 g/mol. The van der Waals surface area contributed by atoms with Crippen LogP contribution in [0.2, 0.25) is 0 Å². The standard InChI is InChI=1S/C12H17N3OS/c1-7(2)14-12(16)15-9-6-4-5-8(3)10(9)11(13)17/h4-7H,1-3H3,(H2,13,17)(H2,14,15,16). The molecule has 4 N–H and O–H groups in total. The molecule has 0 aliphatic carbocycles. The van der Waals surface area contributed by atoms with Crippen LogP contribution in [0.1, 0.15) is 25.0 Å². The number of hydrogen-bond donors (Lipinski definition) is 3. The van der Waals surface area contributed by atoms with Crippen LogP contribution in [0.15, 0.2) is 18.2 Å². The normalized spacial score (nSPS) is 10.1. The maximum absolute atomic E-state index is 11.6. The van der Waals surface area contributed by atoms with Crippen LogP contribution in [-0.4, -0.2) is 17.1 Å². The molecule has 5 heteroatoms. The minimum absolute atomic E-state index is 0.0769. The summed E-state index contributed by atoms with van der Waals surface area (Å²) in [5, 5.41) is 5.49. The van der Waals surface area contributed by atoms with Crippen molar-refractivity contribution in [1.29, 1.82) is 0 Å². The van der Waals surface area contributed by atoms with E-state index >= 15 is 0 Å². The summed E-state index contributed by atoms with van der Waals surface area (Å²) in [4.78, 5) is 11.9. The summed E-state index contributed by atoms with van der Waals surface area (Å²) in [6.07, 6.45) is 0. The van der Waals surface area contributed by atoms with Crippen LogP contribution < -0.4 is 16.4 Å². The number of carbonyl (C=O) groups is 1. The summed E-state index contributed by atoms with van der Waals surface area (Å²) in [6, 6.07) is 5.35. The molecular weight excluding hydrogens is 234 g/mol. The summed E-state index contributed by atoms with van der Waals surface area (Å²) < 4.78 is 0. The first-order chi connectivity index (χ1) is 7.91. The number of anilines is 1. The maximum atomic E-state index is 11.6. The number of nitrogens with one attached hydrogen (secondary N) is 2. The molecule has 1 rings (SSSR count). The molecule has 4 nitrogen and oxygen atoms in total. The van der Waals surface area contributed by atoms with Crippen molar-refractivity contribution in [2.24, 2.45) is 5.73 Å². The fraction of sp³-hybridized carbons (Fsp3) is 0.333. The second-order valence-corrected chi connectivity index (χ2v) is 4.55. The molecule has 0 spiro atoms. The lowest BCUT2D eigenvalue weighted by atomic mass is 10.1. The van der Waals surface area contributed by atoms with Crippen LogP contribution in [0, 0.1) is 6.92 Å². The molecule has 0 bridgehead atoms. The topological polar surface area (TPSA) is 67.2 Å². The highest BCUT2D eigenvalue weighted by molar-refractivity contribution is 7.80. The van der Waals surface area contributed by atoms with E-state index in [-0.39, 0.29) is 17.1 Å². The number of rotatable bonds is 3. The van der Waals surface area contributed by atoms with E-state index in [1.165, 1.54) is 0 Å². The van der Waals surface area contributed by atoms with Gasteiger partial charge in [0.05, 0.1) is 5.69 Å². The van der Waals surface area contributed by atoms with E-state index in [9.17, 15) is 4.79 Å². The third kappa shape index (κ3) is 3.71. The number of nitrogens with two attached hydrogens (primary N) is 1. The van der Waals surface area contributed by atoms with Crippen LogP contribution >= 0.6 is 12.2 Å². The average Bonchev–Trinajstić information content (AvgIpc) is 2.15. The number of amides is 2. The predicted molar refractivity (Wildman–Crippen MR) is 74.4 cm³/mol. The molecule has 0 fully saturated rings. The minimum atomic E-state index is -0.261. The summed E-state index contributed by atoms with van der Waals surface area (Å²) in [5.74, 6) is 0.